The molecule has 1 N–H and O–H groups in total. The largest absolute Gasteiger partial charge is 0.497 e. The van der Waals surface area contributed by atoms with Gasteiger partial charge in [-0.15, -0.1) is 11.3 Å². The van der Waals surface area contributed by atoms with E-state index in [1.54, 1.807) is 25.6 Å². The minimum absolute atomic E-state index is 0.591. The van der Waals surface area contributed by atoms with Crippen molar-refractivity contribution in [2.24, 2.45) is 0 Å². The van der Waals surface area contributed by atoms with Gasteiger partial charge < -0.3 is 14.6 Å². The standard InChI is InChI=1S/C16H20O3S/c1-4-12-6-7-13(20-12)10-15(17)14-9-11(18-2)5-8-16(14)19-3/h5-9,15,17H,4,10H2,1-3H3. The van der Waals surface area contributed by atoms with Crippen molar-refractivity contribution in [2.75, 3.05) is 14.2 Å². The molecule has 0 aliphatic rings. The quantitative estimate of drug-likeness (QED) is 0.884. The van der Waals surface area contributed by atoms with Gasteiger partial charge in [0.15, 0.2) is 0 Å². The van der Waals surface area contributed by atoms with Crippen molar-refractivity contribution in [3.63, 3.8) is 0 Å². The molecule has 0 amide bonds. The highest BCUT2D eigenvalue weighted by Gasteiger charge is 2.16. The van der Waals surface area contributed by atoms with Crippen LogP contribution in [0.3, 0.4) is 0 Å². The van der Waals surface area contributed by atoms with Gasteiger partial charge in [-0.3, -0.25) is 0 Å². The van der Waals surface area contributed by atoms with E-state index in [1.165, 1.54) is 9.75 Å². The van der Waals surface area contributed by atoms with Gasteiger partial charge in [-0.2, -0.15) is 0 Å². The molecule has 0 fully saturated rings. The molecule has 0 saturated heterocycles. The second-order valence-corrected chi connectivity index (χ2v) is 5.80. The highest BCUT2D eigenvalue weighted by molar-refractivity contribution is 7.11. The Bertz CT molecular complexity index is 563. The van der Waals surface area contributed by atoms with E-state index in [9.17, 15) is 5.11 Å². The van der Waals surface area contributed by atoms with Crippen LogP contribution in [-0.2, 0) is 12.8 Å². The lowest BCUT2D eigenvalue weighted by Crippen LogP contribution is -2.03. The number of hydrogen-bond acceptors (Lipinski definition) is 4. The van der Waals surface area contributed by atoms with Gasteiger partial charge in [-0.1, -0.05) is 6.92 Å². The zero-order valence-electron chi connectivity index (χ0n) is 12.1. The number of benzene rings is 1. The van der Waals surface area contributed by atoms with Crippen molar-refractivity contribution in [3.05, 3.63) is 45.6 Å². The molecule has 1 aromatic heterocycles. The number of rotatable bonds is 6. The van der Waals surface area contributed by atoms with E-state index in [0.29, 0.717) is 12.2 Å². The molecule has 108 valence electrons. The van der Waals surface area contributed by atoms with Gasteiger partial charge in [0.25, 0.3) is 0 Å². The summed E-state index contributed by atoms with van der Waals surface area (Å²) in [6.07, 6.45) is 1.03. The lowest BCUT2D eigenvalue weighted by atomic mass is 10.0. The summed E-state index contributed by atoms with van der Waals surface area (Å²) in [6.45, 7) is 2.14. The van der Waals surface area contributed by atoms with Crippen LogP contribution < -0.4 is 9.47 Å². The molecule has 1 aromatic carbocycles. The van der Waals surface area contributed by atoms with Crippen LogP contribution in [0.5, 0.6) is 11.5 Å². The summed E-state index contributed by atoms with van der Waals surface area (Å²) in [5, 5.41) is 10.5. The fraction of sp³-hybridized carbons (Fsp3) is 0.375. The van der Waals surface area contributed by atoms with Gasteiger partial charge in [-0.05, 0) is 36.8 Å². The van der Waals surface area contributed by atoms with Gasteiger partial charge in [0.2, 0.25) is 0 Å². The van der Waals surface area contributed by atoms with E-state index >= 15 is 0 Å². The maximum absolute atomic E-state index is 10.5. The maximum atomic E-state index is 10.5. The molecule has 0 spiro atoms. The Balaban J connectivity index is 2.20. The predicted octanol–water partition coefficient (Wildman–Crippen LogP) is 3.60. The second kappa shape index (κ2) is 6.77. The minimum atomic E-state index is -0.594. The number of hydrogen-bond donors (Lipinski definition) is 1. The summed E-state index contributed by atoms with van der Waals surface area (Å²) in [4.78, 5) is 2.52. The summed E-state index contributed by atoms with van der Waals surface area (Å²) >= 11 is 1.75. The molecular formula is C16H20O3S. The van der Waals surface area contributed by atoms with Crippen molar-refractivity contribution in [1.82, 2.24) is 0 Å². The molecule has 0 radical (unpaired) electrons. The molecule has 0 aliphatic heterocycles. The fourth-order valence-electron chi connectivity index (χ4n) is 2.12. The average Bonchev–Trinajstić information content (AvgIpc) is 2.94. The van der Waals surface area contributed by atoms with Crippen LogP contribution in [0, 0.1) is 0 Å². The molecule has 0 aliphatic carbocycles. The predicted molar refractivity (Wildman–Crippen MR) is 81.9 cm³/mol. The van der Waals surface area contributed by atoms with Crippen molar-refractivity contribution >= 4 is 11.3 Å². The van der Waals surface area contributed by atoms with Crippen LogP contribution in [0.15, 0.2) is 30.3 Å². The minimum Gasteiger partial charge on any atom is -0.497 e. The van der Waals surface area contributed by atoms with Crippen LogP contribution in [0.1, 0.15) is 28.3 Å². The molecule has 3 nitrogen and oxygen atoms in total. The van der Waals surface area contributed by atoms with E-state index in [-0.39, 0.29) is 0 Å². The molecule has 1 unspecified atom stereocenters. The van der Waals surface area contributed by atoms with Gasteiger partial charge in [0, 0.05) is 21.7 Å². The zero-order valence-corrected chi connectivity index (χ0v) is 12.9. The Hall–Kier alpha value is -1.52. The van der Waals surface area contributed by atoms with E-state index in [1.807, 2.05) is 18.2 Å². The van der Waals surface area contributed by atoms with E-state index in [0.717, 1.165) is 17.7 Å². The number of thiophene rings is 1. The Kier molecular flexibility index (Phi) is 5.04. The highest BCUT2D eigenvalue weighted by atomic mass is 32.1. The summed E-state index contributed by atoms with van der Waals surface area (Å²) in [7, 11) is 3.23. The lowest BCUT2D eigenvalue weighted by molar-refractivity contribution is 0.174. The smallest absolute Gasteiger partial charge is 0.124 e. The van der Waals surface area contributed by atoms with Crippen molar-refractivity contribution in [3.8, 4) is 11.5 Å². The molecule has 1 atom stereocenters. The summed E-state index contributed by atoms with van der Waals surface area (Å²) in [5.41, 5.74) is 0.762. The van der Waals surface area contributed by atoms with Crippen molar-refractivity contribution in [1.29, 1.82) is 0 Å². The number of aliphatic hydroxyl groups is 1. The topological polar surface area (TPSA) is 38.7 Å². The van der Waals surface area contributed by atoms with E-state index < -0.39 is 6.10 Å². The SMILES string of the molecule is CCc1ccc(CC(O)c2cc(OC)ccc2OC)s1. The Morgan fingerprint density at radius 1 is 1.10 bits per heavy atom. The lowest BCUT2D eigenvalue weighted by Gasteiger charge is -2.15. The van der Waals surface area contributed by atoms with Gasteiger partial charge in [0.1, 0.15) is 11.5 Å². The number of aryl methyl sites for hydroxylation is 1. The Morgan fingerprint density at radius 2 is 1.85 bits per heavy atom. The summed E-state index contributed by atoms with van der Waals surface area (Å²) < 4.78 is 10.5. The Morgan fingerprint density at radius 3 is 2.45 bits per heavy atom. The summed E-state index contributed by atoms with van der Waals surface area (Å²) in [6, 6.07) is 9.69. The molecule has 20 heavy (non-hydrogen) atoms. The molecular weight excluding hydrogens is 272 g/mol. The third-order valence-corrected chi connectivity index (χ3v) is 4.51. The molecule has 0 bridgehead atoms. The maximum Gasteiger partial charge on any atom is 0.124 e. The van der Waals surface area contributed by atoms with Crippen LogP contribution in [-0.4, -0.2) is 19.3 Å². The third kappa shape index (κ3) is 3.32. The zero-order chi connectivity index (χ0) is 14.5. The van der Waals surface area contributed by atoms with Crippen LogP contribution in [0.25, 0.3) is 0 Å². The van der Waals surface area contributed by atoms with Crippen molar-refractivity contribution in [2.45, 2.75) is 25.9 Å². The first-order valence-corrected chi connectivity index (χ1v) is 7.47. The van der Waals surface area contributed by atoms with Crippen LogP contribution in [0.2, 0.25) is 0 Å². The Labute approximate surface area is 123 Å². The highest BCUT2D eigenvalue weighted by Crippen LogP contribution is 2.32. The first kappa shape index (κ1) is 14.9. The van der Waals surface area contributed by atoms with Gasteiger partial charge in [-0.25, -0.2) is 0 Å². The second-order valence-electron chi connectivity index (χ2n) is 4.55. The van der Waals surface area contributed by atoms with Crippen LogP contribution >= 0.6 is 11.3 Å². The van der Waals surface area contributed by atoms with Crippen molar-refractivity contribution < 1.29 is 14.6 Å². The normalized spacial score (nSPS) is 12.2. The third-order valence-electron chi connectivity index (χ3n) is 3.26. The molecule has 1 heterocycles. The molecule has 0 saturated carbocycles. The number of methoxy groups -OCH3 is 2. The van der Waals surface area contributed by atoms with E-state index in [2.05, 4.69) is 19.1 Å². The fourth-order valence-corrected chi connectivity index (χ4v) is 3.12. The summed E-state index contributed by atoms with van der Waals surface area (Å²) in [5.74, 6) is 1.41. The molecule has 2 rings (SSSR count). The van der Waals surface area contributed by atoms with E-state index in [4.69, 9.17) is 9.47 Å². The number of ether oxygens (including phenoxy) is 2. The van der Waals surface area contributed by atoms with Crippen LogP contribution in [0.4, 0.5) is 0 Å². The number of aliphatic hydroxyl groups excluding tert-OH is 1. The monoisotopic (exact) mass is 292 g/mol. The van der Waals surface area contributed by atoms with Gasteiger partial charge >= 0.3 is 0 Å². The van der Waals surface area contributed by atoms with Gasteiger partial charge in [0.05, 0.1) is 20.3 Å². The average molecular weight is 292 g/mol. The molecule has 2 aromatic rings. The molecule has 4 heteroatoms. The first-order chi connectivity index (χ1) is 9.67. The first-order valence-electron chi connectivity index (χ1n) is 6.65.